The molecule has 1 atom stereocenters. The number of cyclic esters (lactones) is 1. The zero-order chi connectivity index (χ0) is 18.5. The van der Waals surface area contributed by atoms with Gasteiger partial charge >= 0.3 is 5.97 Å². The standard InChI is InChI=1S/C19H18O6S/c1-11-2-5-18(26(21,22)23)12(8-11)9-17-14-3-4-15-16(10-25-19(15)20)13(14)6-7-24-17/h2-5,8,17H,6-7,9-10H2,1H3,(H,21,22,23). The highest BCUT2D eigenvalue weighted by atomic mass is 32.2. The summed E-state index contributed by atoms with van der Waals surface area (Å²) in [5, 5.41) is 0. The van der Waals surface area contributed by atoms with E-state index in [0.29, 0.717) is 30.6 Å². The Bertz CT molecular complexity index is 1010. The van der Waals surface area contributed by atoms with Crippen LogP contribution in [0.25, 0.3) is 0 Å². The van der Waals surface area contributed by atoms with E-state index in [1.165, 1.54) is 6.07 Å². The van der Waals surface area contributed by atoms with Crippen molar-refractivity contribution in [3.63, 3.8) is 0 Å². The van der Waals surface area contributed by atoms with E-state index in [2.05, 4.69) is 0 Å². The summed E-state index contributed by atoms with van der Waals surface area (Å²) in [5.74, 6) is -0.307. The molecule has 2 aromatic carbocycles. The zero-order valence-electron chi connectivity index (χ0n) is 14.2. The molecule has 0 amide bonds. The van der Waals surface area contributed by atoms with E-state index in [4.69, 9.17) is 9.47 Å². The molecule has 0 spiro atoms. The molecule has 0 aromatic heterocycles. The maximum absolute atomic E-state index is 11.8. The van der Waals surface area contributed by atoms with Gasteiger partial charge in [0.15, 0.2) is 0 Å². The van der Waals surface area contributed by atoms with E-state index < -0.39 is 10.1 Å². The first-order valence-corrected chi connectivity index (χ1v) is 9.79. The largest absolute Gasteiger partial charge is 0.457 e. The Hall–Kier alpha value is -2.22. The van der Waals surface area contributed by atoms with Crippen LogP contribution in [0.5, 0.6) is 0 Å². The van der Waals surface area contributed by atoms with Crippen LogP contribution in [0.2, 0.25) is 0 Å². The van der Waals surface area contributed by atoms with Crippen LogP contribution in [0.15, 0.2) is 35.2 Å². The minimum Gasteiger partial charge on any atom is -0.457 e. The normalized spacial score (nSPS) is 19.0. The van der Waals surface area contributed by atoms with E-state index in [-0.39, 0.29) is 23.6 Å². The van der Waals surface area contributed by atoms with Gasteiger partial charge in [0, 0.05) is 12.0 Å². The molecule has 4 rings (SSSR count). The minimum atomic E-state index is -4.32. The monoisotopic (exact) mass is 374 g/mol. The Morgan fingerprint density at radius 1 is 1.19 bits per heavy atom. The van der Waals surface area contributed by atoms with E-state index >= 15 is 0 Å². The summed E-state index contributed by atoms with van der Waals surface area (Å²) in [7, 11) is -4.32. The van der Waals surface area contributed by atoms with Crippen molar-refractivity contribution in [2.24, 2.45) is 0 Å². The third kappa shape index (κ3) is 2.92. The van der Waals surface area contributed by atoms with E-state index in [9.17, 15) is 17.8 Å². The molecule has 6 nitrogen and oxygen atoms in total. The number of carbonyl (C=O) groups excluding carboxylic acids is 1. The Balaban J connectivity index is 1.75. The molecule has 2 heterocycles. The van der Waals surface area contributed by atoms with Crippen LogP contribution in [0.1, 0.15) is 44.3 Å². The van der Waals surface area contributed by atoms with Crippen molar-refractivity contribution in [3.05, 3.63) is 63.7 Å². The number of benzene rings is 2. The molecule has 2 aromatic rings. The van der Waals surface area contributed by atoms with Gasteiger partial charge < -0.3 is 9.47 Å². The lowest BCUT2D eigenvalue weighted by atomic mass is 9.88. The molecular formula is C19H18O6S. The van der Waals surface area contributed by atoms with Gasteiger partial charge in [0.1, 0.15) is 6.61 Å². The van der Waals surface area contributed by atoms with Crippen LogP contribution in [0.3, 0.4) is 0 Å². The summed E-state index contributed by atoms with van der Waals surface area (Å²) in [5.41, 5.74) is 4.90. The van der Waals surface area contributed by atoms with Gasteiger partial charge in [-0.15, -0.1) is 0 Å². The number of hydrogen-bond donors (Lipinski definition) is 1. The van der Waals surface area contributed by atoms with Crippen molar-refractivity contribution >= 4 is 16.1 Å². The van der Waals surface area contributed by atoms with Crippen LogP contribution in [-0.2, 0) is 39.0 Å². The smallest absolute Gasteiger partial charge is 0.338 e. The van der Waals surface area contributed by atoms with Crippen molar-refractivity contribution in [1.82, 2.24) is 0 Å². The molecule has 1 N–H and O–H groups in total. The lowest BCUT2D eigenvalue weighted by Gasteiger charge is -2.28. The molecule has 0 saturated heterocycles. The van der Waals surface area contributed by atoms with Crippen molar-refractivity contribution in [2.45, 2.75) is 37.4 Å². The van der Waals surface area contributed by atoms with Gasteiger partial charge in [-0.05, 0) is 42.2 Å². The van der Waals surface area contributed by atoms with Gasteiger partial charge in [-0.3, -0.25) is 4.55 Å². The molecule has 1 unspecified atom stereocenters. The zero-order valence-corrected chi connectivity index (χ0v) is 15.0. The average molecular weight is 374 g/mol. The fraction of sp³-hybridized carbons (Fsp3) is 0.316. The summed E-state index contributed by atoms with van der Waals surface area (Å²) in [6.45, 7) is 2.61. The molecule has 136 valence electrons. The highest BCUT2D eigenvalue weighted by Crippen LogP contribution is 2.36. The maximum atomic E-state index is 11.8. The first-order valence-electron chi connectivity index (χ1n) is 8.35. The third-order valence-corrected chi connectivity index (χ3v) is 5.91. The molecule has 0 fully saturated rings. The summed E-state index contributed by atoms with van der Waals surface area (Å²) in [6, 6.07) is 8.41. The fourth-order valence-corrected chi connectivity index (χ4v) is 4.47. The number of ether oxygens (including phenoxy) is 2. The van der Waals surface area contributed by atoms with Crippen molar-refractivity contribution in [1.29, 1.82) is 0 Å². The molecule has 0 saturated carbocycles. The summed E-state index contributed by atoms with van der Waals surface area (Å²) in [4.78, 5) is 11.7. The number of hydrogen-bond acceptors (Lipinski definition) is 5. The van der Waals surface area contributed by atoms with Crippen molar-refractivity contribution < 1.29 is 27.2 Å². The predicted octanol–water partition coefficient (Wildman–Crippen LogP) is 2.77. The highest BCUT2D eigenvalue weighted by molar-refractivity contribution is 7.85. The molecule has 0 bridgehead atoms. The second kappa shape index (κ2) is 6.19. The summed E-state index contributed by atoms with van der Waals surface area (Å²) >= 11 is 0. The number of aryl methyl sites for hydroxylation is 1. The van der Waals surface area contributed by atoms with Gasteiger partial charge in [0.2, 0.25) is 0 Å². The van der Waals surface area contributed by atoms with Gasteiger partial charge in [0.25, 0.3) is 10.1 Å². The van der Waals surface area contributed by atoms with Crippen LogP contribution in [-0.4, -0.2) is 25.5 Å². The van der Waals surface area contributed by atoms with E-state index in [1.54, 1.807) is 18.2 Å². The minimum absolute atomic E-state index is 0.0986. The second-order valence-corrected chi connectivity index (χ2v) is 8.03. The lowest BCUT2D eigenvalue weighted by Crippen LogP contribution is -2.21. The van der Waals surface area contributed by atoms with Crippen molar-refractivity contribution in [2.75, 3.05) is 6.61 Å². The first kappa shape index (κ1) is 17.2. The molecule has 0 radical (unpaired) electrons. The number of esters is 1. The first-order chi connectivity index (χ1) is 12.3. The number of rotatable bonds is 3. The Labute approximate surface area is 151 Å². The van der Waals surface area contributed by atoms with Crippen LogP contribution in [0, 0.1) is 6.92 Å². The maximum Gasteiger partial charge on any atom is 0.338 e. The third-order valence-electron chi connectivity index (χ3n) is 4.95. The molecular weight excluding hydrogens is 356 g/mol. The lowest BCUT2D eigenvalue weighted by molar-refractivity contribution is 0.0416. The predicted molar refractivity (Wildman–Crippen MR) is 92.7 cm³/mol. The van der Waals surface area contributed by atoms with E-state index in [1.807, 2.05) is 13.0 Å². The van der Waals surface area contributed by atoms with Crippen LogP contribution < -0.4 is 0 Å². The summed E-state index contributed by atoms with van der Waals surface area (Å²) in [6.07, 6.45) is 0.657. The molecule has 2 aliphatic heterocycles. The molecule has 26 heavy (non-hydrogen) atoms. The van der Waals surface area contributed by atoms with Gasteiger partial charge in [-0.1, -0.05) is 23.8 Å². The molecule has 0 aliphatic carbocycles. The average Bonchev–Trinajstić information content (AvgIpc) is 2.96. The van der Waals surface area contributed by atoms with Crippen molar-refractivity contribution in [3.8, 4) is 0 Å². The Morgan fingerprint density at radius 2 is 2.00 bits per heavy atom. The topological polar surface area (TPSA) is 89.9 Å². The van der Waals surface area contributed by atoms with Crippen LogP contribution >= 0.6 is 0 Å². The quantitative estimate of drug-likeness (QED) is 0.656. The fourth-order valence-electron chi connectivity index (χ4n) is 3.76. The molecule has 2 aliphatic rings. The second-order valence-electron chi connectivity index (χ2n) is 6.64. The number of carbonyl (C=O) groups is 1. The van der Waals surface area contributed by atoms with Crippen LogP contribution in [0.4, 0.5) is 0 Å². The summed E-state index contributed by atoms with van der Waals surface area (Å²) < 4.78 is 44.0. The van der Waals surface area contributed by atoms with E-state index in [0.717, 1.165) is 22.3 Å². The highest BCUT2D eigenvalue weighted by Gasteiger charge is 2.31. The number of fused-ring (bicyclic) bond motifs is 3. The Morgan fingerprint density at radius 3 is 2.77 bits per heavy atom. The Kier molecular flexibility index (Phi) is 4.10. The van der Waals surface area contributed by atoms with Gasteiger partial charge in [-0.25, -0.2) is 4.79 Å². The van der Waals surface area contributed by atoms with Gasteiger partial charge in [0.05, 0.1) is 23.2 Å². The van der Waals surface area contributed by atoms with Gasteiger partial charge in [-0.2, -0.15) is 8.42 Å². The molecule has 7 heteroatoms. The SMILES string of the molecule is Cc1ccc(S(=O)(=O)O)c(CC2OCCc3c2ccc2c3COC2=O)c1.